The Balaban J connectivity index is 1.69. The first-order chi connectivity index (χ1) is 12.7. The van der Waals surface area contributed by atoms with Crippen molar-refractivity contribution in [3.63, 3.8) is 0 Å². The van der Waals surface area contributed by atoms with E-state index in [-0.39, 0.29) is 13.2 Å². The van der Waals surface area contributed by atoms with Crippen molar-refractivity contribution in [2.24, 2.45) is 0 Å². The molecule has 26 heavy (non-hydrogen) atoms. The average molecular weight is 360 g/mol. The highest BCUT2D eigenvalue weighted by atomic mass is 16.7. The van der Waals surface area contributed by atoms with Gasteiger partial charge < -0.3 is 29.5 Å². The molecule has 1 aliphatic rings. The molecule has 2 aromatic rings. The van der Waals surface area contributed by atoms with E-state index < -0.39 is 37.3 Å². The first-order valence-corrected chi connectivity index (χ1v) is 8.62. The molecule has 5 atom stereocenters. The van der Waals surface area contributed by atoms with Crippen LogP contribution in [-0.4, -0.2) is 52.6 Å². The van der Waals surface area contributed by atoms with Gasteiger partial charge in [-0.05, 0) is 11.1 Å². The number of rotatable bonds is 7. The molecule has 0 saturated carbocycles. The number of ether oxygens (including phenoxy) is 3. The van der Waals surface area contributed by atoms with Gasteiger partial charge in [-0.2, -0.15) is 0 Å². The Kier molecular flexibility index (Phi) is 6.73. The number of aliphatic hydroxyl groups excluding tert-OH is 3. The molecule has 3 rings (SSSR count). The molecular weight excluding hydrogens is 336 g/mol. The van der Waals surface area contributed by atoms with E-state index >= 15 is 0 Å². The van der Waals surface area contributed by atoms with Crippen molar-refractivity contribution in [2.45, 2.75) is 43.9 Å². The quantitative estimate of drug-likeness (QED) is 0.688. The molecule has 0 radical (unpaired) electrons. The van der Waals surface area contributed by atoms with Crippen LogP contribution in [0.25, 0.3) is 0 Å². The largest absolute Gasteiger partial charge is 0.394 e. The minimum atomic E-state index is -1.31. The maximum atomic E-state index is 10.5. The first kappa shape index (κ1) is 19.0. The van der Waals surface area contributed by atoms with Crippen LogP contribution in [0.4, 0.5) is 0 Å². The Morgan fingerprint density at radius 2 is 1.27 bits per heavy atom. The Morgan fingerprint density at radius 1 is 0.769 bits per heavy atom. The molecule has 1 fully saturated rings. The van der Waals surface area contributed by atoms with Crippen LogP contribution < -0.4 is 0 Å². The summed E-state index contributed by atoms with van der Waals surface area (Å²) in [6.45, 7) is 0.0705. The first-order valence-electron chi connectivity index (χ1n) is 8.62. The van der Waals surface area contributed by atoms with Gasteiger partial charge in [-0.1, -0.05) is 60.7 Å². The number of hydrogen-bond donors (Lipinski definition) is 3. The molecule has 4 unspecified atom stereocenters. The summed E-state index contributed by atoms with van der Waals surface area (Å²) < 4.78 is 16.9. The monoisotopic (exact) mass is 360 g/mol. The van der Waals surface area contributed by atoms with Crippen LogP contribution in [0.5, 0.6) is 0 Å². The van der Waals surface area contributed by atoms with Crippen molar-refractivity contribution >= 4 is 0 Å². The Bertz CT molecular complexity index is 650. The molecule has 0 aromatic heterocycles. The highest BCUT2D eigenvalue weighted by Crippen LogP contribution is 2.26. The van der Waals surface area contributed by atoms with Gasteiger partial charge in [-0.25, -0.2) is 0 Å². The highest BCUT2D eigenvalue weighted by molar-refractivity contribution is 5.14. The zero-order valence-electron chi connectivity index (χ0n) is 14.3. The van der Waals surface area contributed by atoms with Crippen LogP contribution in [0.1, 0.15) is 11.1 Å². The predicted octanol–water partition coefficient (Wildman–Crippen LogP) is 1.23. The van der Waals surface area contributed by atoms with Gasteiger partial charge in [-0.15, -0.1) is 0 Å². The van der Waals surface area contributed by atoms with E-state index in [1.807, 2.05) is 60.7 Å². The third-order valence-corrected chi connectivity index (χ3v) is 4.39. The Labute approximate surface area is 152 Å². The summed E-state index contributed by atoms with van der Waals surface area (Å²) in [4.78, 5) is 0. The topological polar surface area (TPSA) is 88.4 Å². The smallest absolute Gasteiger partial charge is 0.184 e. The second-order valence-corrected chi connectivity index (χ2v) is 6.26. The van der Waals surface area contributed by atoms with Gasteiger partial charge in [0.15, 0.2) is 6.29 Å². The summed E-state index contributed by atoms with van der Waals surface area (Å²) in [6.07, 6.45) is -5.06. The van der Waals surface area contributed by atoms with Crippen LogP contribution in [0, 0.1) is 0 Å². The van der Waals surface area contributed by atoms with E-state index in [4.69, 9.17) is 14.2 Å². The van der Waals surface area contributed by atoms with Crippen molar-refractivity contribution in [1.82, 2.24) is 0 Å². The van der Waals surface area contributed by atoms with E-state index in [2.05, 4.69) is 0 Å². The van der Waals surface area contributed by atoms with Crippen LogP contribution >= 0.6 is 0 Å². The lowest BCUT2D eigenvalue weighted by atomic mass is 9.98. The van der Waals surface area contributed by atoms with Gasteiger partial charge in [-0.3, -0.25) is 0 Å². The molecule has 0 amide bonds. The summed E-state index contributed by atoms with van der Waals surface area (Å²) in [5.41, 5.74) is 1.86. The molecule has 0 spiro atoms. The standard InChI is InChI=1S/C20H24O6/c21-11-16-17(22)18(24-12-14-7-3-1-4-8-14)19(20(23)26-16)25-13-15-9-5-2-6-10-15/h1-10,16-23H,11-13H2/t16-,17?,18?,19?,20?/m1/s1. The average Bonchev–Trinajstić information content (AvgIpc) is 2.69. The van der Waals surface area contributed by atoms with Gasteiger partial charge in [0.1, 0.15) is 24.4 Å². The summed E-state index contributed by atoms with van der Waals surface area (Å²) in [7, 11) is 0. The number of aliphatic hydroxyl groups is 3. The fourth-order valence-electron chi connectivity index (χ4n) is 2.96. The van der Waals surface area contributed by atoms with E-state index in [0.717, 1.165) is 11.1 Å². The predicted molar refractivity (Wildman–Crippen MR) is 94.0 cm³/mol. The fraction of sp³-hybridized carbons (Fsp3) is 0.400. The van der Waals surface area contributed by atoms with Crippen molar-refractivity contribution in [3.8, 4) is 0 Å². The number of benzene rings is 2. The second kappa shape index (κ2) is 9.23. The molecule has 6 nitrogen and oxygen atoms in total. The van der Waals surface area contributed by atoms with Crippen LogP contribution in [-0.2, 0) is 27.4 Å². The van der Waals surface area contributed by atoms with Gasteiger partial charge in [0, 0.05) is 0 Å². The van der Waals surface area contributed by atoms with Crippen LogP contribution in [0.15, 0.2) is 60.7 Å². The lowest BCUT2D eigenvalue weighted by Gasteiger charge is -2.42. The molecule has 1 heterocycles. The molecule has 1 aliphatic heterocycles. The zero-order chi connectivity index (χ0) is 18.4. The zero-order valence-corrected chi connectivity index (χ0v) is 14.3. The van der Waals surface area contributed by atoms with Gasteiger partial charge in [0.05, 0.1) is 19.8 Å². The third-order valence-electron chi connectivity index (χ3n) is 4.39. The number of hydrogen-bond acceptors (Lipinski definition) is 6. The SMILES string of the molecule is OC[C@H]1OC(O)C(OCc2ccccc2)C(OCc2ccccc2)C1O. The lowest BCUT2D eigenvalue weighted by Crippen LogP contribution is -2.60. The lowest BCUT2D eigenvalue weighted by molar-refractivity contribution is -0.307. The fourth-order valence-corrected chi connectivity index (χ4v) is 2.96. The second-order valence-electron chi connectivity index (χ2n) is 6.26. The summed E-state index contributed by atoms with van der Waals surface area (Å²) in [5, 5.41) is 30.2. The molecular formula is C20H24O6. The Morgan fingerprint density at radius 3 is 1.77 bits per heavy atom. The molecule has 1 saturated heterocycles. The summed E-state index contributed by atoms with van der Waals surface area (Å²) in [5.74, 6) is 0. The minimum Gasteiger partial charge on any atom is -0.394 e. The van der Waals surface area contributed by atoms with Crippen LogP contribution in [0.2, 0.25) is 0 Å². The van der Waals surface area contributed by atoms with E-state index in [1.165, 1.54) is 0 Å². The summed E-state index contributed by atoms with van der Waals surface area (Å²) in [6, 6.07) is 19.0. The molecule has 0 aliphatic carbocycles. The maximum absolute atomic E-state index is 10.5. The van der Waals surface area contributed by atoms with Crippen molar-refractivity contribution in [1.29, 1.82) is 0 Å². The van der Waals surface area contributed by atoms with Crippen molar-refractivity contribution in [3.05, 3.63) is 71.8 Å². The summed E-state index contributed by atoms with van der Waals surface area (Å²) >= 11 is 0. The third kappa shape index (κ3) is 4.67. The normalized spacial score (nSPS) is 28.8. The van der Waals surface area contributed by atoms with Crippen molar-refractivity contribution < 1.29 is 29.5 Å². The molecule has 6 heteroatoms. The van der Waals surface area contributed by atoms with Crippen molar-refractivity contribution in [2.75, 3.05) is 6.61 Å². The van der Waals surface area contributed by atoms with E-state index in [0.29, 0.717) is 0 Å². The van der Waals surface area contributed by atoms with Gasteiger partial charge >= 0.3 is 0 Å². The van der Waals surface area contributed by atoms with E-state index in [1.54, 1.807) is 0 Å². The Hall–Kier alpha value is -1.80. The molecule has 0 bridgehead atoms. The van der Waals surface area contributed by atoms with Gasteiger partial charge in [0.2, 0.25) is 0 Å². The minimum absolute atomic E-state index is 0.244. The molecule has 2 aromatic carbocycles. The molecule has 3 N–H and O–H groups in total. The van der Waals surface area contributed by atoms with E-state index in [9.17, 15) is 15.3 Å². The van der Waals surface area contributed by atoms with Crippen LogP contribution in [0.3, 0.4) is 0 Å². The highest BCUT2D eigenvalue weighted by Gasteiger charge is 2.46. The molecule has 140 valence electrons. The van der Waals surface area contributed by atoms with Gasteiger partial charge in [0.25, 0.3) is 0 Å². The maximum Gasteiger partial charge on any atom is 0.184 e.